The Labute approximate surface area is 116 Å². The van der Waals surface area contributed by atoms with E-state index in [1.54, 1.807) is 0 Å². The summed E-state index contributed by atoms with van der Waals surface area (Å²) >= 11 is 0. The molecule has 1 rings (SSSR count). The molecular formula is C11H19N5O4. The van der Waals surface area contributed by atoms with Crippen LogP contribution in [0.2, 0.25) is 0 Å². The molecule has 0 aliphatic heterocycles. The van der Waals surface area contributed by atoms with Crippen LogP contribution in [0.15, 0.2) is 12.4 Å². The molecule has 9 nitrogen and oxygen atoms in total. The van der Waals surface area contributed by atoms with E-state index in [0.717, 1.165) is 6.20 Å². The van der Waals surface area contributed by atoms with Crippen molar-refractivity contribution in [3.05, 3.63) is 22.5 Å². The Hall–Kier alpha value is -2.00. The summed E-state index contributed by atoms with van der Waals surface area (Å²) in [6, 6.07) is 0. The number of hydrogen-bond donors (Lipinski definition) is 3. The molecule has 20 heavy (non-hydrogen) atoms. The van der Waals surface area contributed by atoms with Crippen molar-refractivity contribution in [1.82, 2.24) is 20.4 Å². The number of aromatic nitrogens is 2. The number of nitrogens with zero attached hydrogens (tertiary/aromatic N) is 3. The number of aliphatic hydroxyl groups is 1. The average molecular weight is 285 g/mol. The molecule has 0 saturated heterocycles. The third kappa shape index (κ3) is 5.76. The van der Waals surface area contributed by atoms with Crippen LogP contribution in [-0.2, 0) is 11.3 Å². The van der Waals surface area contributed by atoms with E-state index in [1.165, 1.54) is 10.9 Å². The number of hydrogen-bond acceptors (Lipinski definition) is 6. The van der Waals surface area contributed by atoms with Crippen molar-refractivity contribution in [1.29, 1.82) is 0 Å². The second-order valence-corrected chi connectivity index (χ2v) is 4.24. The molecule has 0 fully saturated rings. The molecule has 0 aliphatic carbocycles. The molecule has 0 radical (unpaired) electrons. The van der Waals surface area contributed by atoms with Crippen molar-refractivity contribution in [2.24, 2.45) is 0 Å². The van der Waals surface area contributed by atoms with E-state index in [2.05, 4.69) is 15.7 Å². The lowest BCUT2D eigenvalue weighted by Gasteiger charge is -2.11. The van der Waals surface area contributed by atoms with E-state index in [1.807, 2.05) is 6.92 Å². The van der Waals surface area contributed by atoms with Gasteiger partial charge in [0.05, 0.1) is 17.6 Å². The maximum Gasteiger partial charge on any atom is 0.306 e. The summed E-state index contributed by atoms with van der Waals surface area (Å²) in [7, 11) is 0. The van der Waals surface area contributed by atoms with Gasteiger partial charge in [-0.3, -0.25) is 19.6 Å². The minimum atomic E-state index is -0.733. The monoisotopic (exact) mass is 285 g/mol. The molecule has 1 atom stereocenters. The maximum absolute atomic E-state index is 11.2. The van der Waals surface area contributed by atoms with Crippen LogP contribution < -0.4 is 10.6 Å². The fraction of sp³-hybridized carbons (Fsp3) is 0.636. The highest BCUT2D eigenvalue weighted by Gasteiger charge is 2.11. The number of amides is 1. The van der Waals surface area contributed by atoms with Gasteiger partial charge < -0.3 is 15.7 Å². The van der Waals surface area contributed by atoms with Gasteiger partial charge in [0, 0.05) is 26.1 Å². The molecular weight excluding hydrogens is 266 g/mol. The zero-order valence-corrected chi connectivity index (χ0v) is 11.3. The highest BCUT2D eigenvalue weighted by atomic mass is 16.6. The van der Waals surface area contributed by atoms with Crippen LogP contribution in [0.25, 0.3) is 0 Å². The topological polar surface area (TPSA) is 122 Å². The van der Waals surface area contributed by atoms with Crippen LogP contribution in [0, 0.1) is 10.1 Å². The van der Waals surface area contributed by atoms with Crippen LogP contribution in [-0.4, -0.2) is 51.5 Å². The first-order chi connectivity index (χ1) is 9.52. The molecule has 112 valence electrons. The minimum Gasteiger partial charge on any atom is -0.390 e. The zero-order chi connectivity index (χ0) is 15.0. The normalized spacial score (nSPS) is 12.1. The summed E-state index contributed by atoms with van der Waals surface area (Å²) < 4.78 is 1.31. The summed E-state index contributed by atoms with van der Waals surface area (Å²) in [5.41, 5.74) is -0.110. The first-order valence-corrected chi connectivity index (χ1v) is 6.35. The fourth-order valence-corrected chi connectivity index (χ4v) is 1.58. The predicted octanol–water partition coefficient (Wildman–Crippen LogP) is -0.732. The Bertz CT molecular complexity index is 448. The summed E-state index contributed by atoms with van der Waals surface area (Å²) in [5.74, 6) is -0.0443. The number of aliphatic hydroxyl groups excluding tert-OH is 1. The summed E-state index contributed by atoms with van der Waals surface area (Å²) in [6.07, 6.45) is 2.00. The van der Waals surface area contributed by atoms with Gasteiger partial charge in [-0.15, -0.1) is 0 Å². The Kier molecular flexibility index (Phi) is 6.60. The van der Waals surface area contributed by atoms with Gasteiger partial charge in [0.2, 0.25) is 5.91 Å². The largest absolute Gasteiger partial charge is 0.390 e. The lowest BCUT2D eigenvalue weighted by atomic mass is 10.3. The second kappa shape index (κ2) is 8.23. The lowest BCUT2D eigenvalue weighted by Crippen LogP contribution is -2.33. The van der Waals surface area contributed by atoms with Crippen molar-refractivity contribution in [3.8, 4) is 0 Å². The van der Waals surface area contributed by atoms with E-state index in [0.29, 0.717) is 19.5 Å². The predicted molar refractivity (Wildman–Crippen MR) is 71.1 cm³/mol. The van der Waals surface area contributed by atoms with Crippen LogP contribution in [0.3, 0.4) is 0 Å². The van der Waals surface area contributed by atoms with Crippen LogP contribution in [0.1, 0.15) is 13.3 Å². The van der Waals surface area contributed by atoms with Gasteiger partial charge in [-0.1, -0.05) is 0 Å². The van der Waals surface area contributed by atoms with Gasteiger partial charge in [-0.25, -0.2) is 0 Å². The lowest BCUT2D eigenvalue weighted by molar-refractivity contribution is -0.385. The molecule has 1 heterocycles. The number of rotatable bonds is 9. The Morgan fingerprint density at radius 1 is 1.65 bits per heavy atom. The van der Waals surface area contributed by atoms with Crippen molar-refractivity contribution in [2.45, 2.75) is 26.0 Å². The molecule has 0 spiro atoms. The molecule has 0 bridgehead atoms. The quantitative estimate of drug-likeness (QED) is 0.312. The number of carbonyl (C=O) groups is 1. The minimum absolute atomic E-state index is 0.0443. The summed E-state index contributed by atoms with van der Waals surface area (Å²) in [6.45, 7) is 3.34. The van der Waals surface area contributed by atoms with Gasteiger partial charge in [-0.2, -0.15) is 5.10 Å². The highest BCUT2D eigenvalue weighted by Crippen LogP contribution is 2.07. The standard InChI is InChI=1S/C11H19N5O4/c1-2-13-11(18)3-4-12-6-10(17)8-15-7-9(5-14-15)16(19)20/h5,7,10,12,17H,2-4,6,8H2,1H3,(H,13,18). The molecule has 0 aromatic carbocycles. The number of carbonyl (C=O) groups excluding carboxylic acids is 1. The van der Waals surface area contributed by atoms with Gasteiger partial charge >= 0.3 is 5.69 Å². The van der Waals surface area contributed by atoms with Crippen LogP contribution in [0.4, 0.5) is 5.69 Å². The SMILES string of the molecule is CCNC(=O)CCNCC(O)Cn1cc([N+](=O)[O-])cn1. The Balaban J connectivity index is 2.21. The molecule has 1 aromatic rings. The molecule has 0 saturated carbocycles. The molecule has 1 aromatic heterocycles. The fourth-order valence-electron chi connectivity index (χ4n) is 1.58. The third-order valence-corrected chi connectivity index (χ3v) is 2.51. The summed E-state index contributed by atoms with van der Waals surface area (Å²) in [5, 5.41) is 29.6. The first-order valence-electron chi connectivity index (χ1n) is 6.35. The molecule has 9 heteroatoms. The van der Waals surface area contributed by atoms with Crippen molar-refractivity contribution < 1.29 is 14.8 Å². The Morgan fingerprint density at radius 2 is 2.40 bits per heavy atom. The van der Waals surface area contributed by atoms with E-state index < -0.39 is 11.0 Å². The van der Waals surface area contributed by atoms with Crippen molar-refractivity contribution in [3.63, 3.8) is 0 Å². The van der Waals surface area contributed by atoms with E-state index >= 15 is 0 Å². The van der Waals surface area contributed by atoms with E-state index in [-0.39, 0.29) is 24.7 Å². The van der Waals surface area contributed by atoms with E-state index in [4.69, 9.17) is 0 Å². The summed E-state index contributed by atoms with van der Waals surface area (Å²) in [4.78, 5) is 21.1. The van der Waals surface area contributed by atoms with Gasteiger partial charge in [0.25, 0.3) is 0 Å². The number of nitrogens with one attached hydrogen (secondary N) is 2. The maximum atomic E-state index is 11.2. The average Bonchev–Trinajstić information content (AvgIpc) is 2.83. The second-order valence-electron chi connectivity index (χ2n) is 4.24. The van der Waals surface area contributed by atoms with Gasteiger partial charge in [0.1, 0.15) is 12.4 Å². The first kappa shape index (κ1) is 16.1. The van der Waals surface area contributed by atoms with Gasteiger partial charge in [0.15, 0.2) is 0 Å². The molecule has 3 N–H and O–H groups in total. The van der Waals surface area contributed by atoms with Gasteiger partial charge in [-0.05, 0) is 6.92 Å². The highest BCUT2D eigenvalue weighted by molar-refractivity contribution is 5.75. The molecule has 0 aliphatic rings. The van der Waals surface area contributed by atoms with E-state index in [9.17, 15) is 20.0 Å². The van der Waals surface area contributed by atoms with Crippen molar-refractivity contribution in [2.75, 3.05) is 19.6 Å². The van der Waals surface area contributed by atoms with Crippen molar-refractivity contribution >= 4 is 11.6 Å². The molecule has 1 amide bonds. The number of nitro groups is 1. The smallest absolute Gasteiger partial charge is 0.306 e. The van der Waals surface area contributed by atoms with Crippen LogP contribution in [0.5, 0.6) is 0 Å². The Morgan fingerprint density at radius 3 is 3.00 bits per heavy atom. The molecule has 1 unspecified atom stereocenters. The third-order valence-electron chi connectivity index (χ3n) is 2.51. The zero-order valence-electron chi connectivity index (χ0n) is 11.3. The van der Waals surface area contributed by atoms with Crippen LogP contribution >= 0.6 is 0 Å².